The molecular weight excluding hydrogens is 610 g/mol. The maximum absolute atomic E-state index is 12.0. The Morgan fingerprint density at radius 1 is 1.13 bits per heavy atom. The minimum Gasteiger partial charge on any atom is -0.479 e. The second kappa shape index (κ2) is 16.4. The Bertz CT molecular complexity index is 1090. The lowest BCUT2D eigenvalue weighted by Gasteiger charge is -2.50. The van der Waals surface area contributed by atoms with Gasteiger partial charge in [0, 0.05) is 31.2 Å². The molecule has 0 bridgehead atoms. The van der Waals surface area contributed by atoms with Crippen LogP contribution < -0.4 is 10.6 Å². The number of aliphatic carboxylic acids is 1. The number of allylic oxidation sites excluding steroid dienone is 1. The summed E-state index contributed by atoms with van der Waals surface area (Å²) in [4.78, 5) is 16.1. The molecule has 3 aliphatic heterocycles. The molecule has 2 saturated heterocycles. The number of rotatable bonds is 14. The van der Waals surface area contributed by atoms with Crippen molar-refractivity contribution in [2.75, 3.05) is 33.3 Å². The van der Waals surface area contributed by atoms with Gasteiger partial charge in [-0.1, -0.05) is 6.92 Å². The molecule has 2 aliphatic carbocycles. The van der Waals surface area contributed by atoms with Crippen molar-refractivity contribution < 1.29 is 49.6 Å². The van der Waals surface area contributed by atoms with Crippen LogP contribution >= 0.6 is 0 Å². The van der Waals surface area contributed by atoms with Crippen molar-refractivity contribution >= 4 is 12.2 Å². The van der Waals surface area contributed by atoms with Gasteiger partial charge in [0.1, 0.15) is 24.3 Å². The zero-order valence-electron chi connectivity index (χ0n) is 27.7. The average Bonchev–Trinajstić information content (AvgIpc) is 3.57. The van der Waals surface area contributed by atoms with Crippen molar-refractivity contribution in [3.63, 3.8) is 0 Å². The summed E-state index contributed by atoms with van der Waals surface area (Å²) in [5.41, 5.74) is -1.05. The number of hydrogen-bond acceptors (Lipinski definition) is 12. The lowest BCUT2D eigenvalue weighted by atomic mass is 9.69. The van der Waals surface area contributed by atoms with Crippen molar-refractivity contribution in [3.8, 4) is 0 Å². The summed E-state index contributed by atoms with van der Waals surface area (Å²) in [5.74, 6) is -0.729. The zero-order chi connectivity index (χ0) is 33.7. The fourth-order valence-corrected chi connectivity index (χ4v) is 8.35. The minimum absolute atomic E-state index is 0.0205. The molecule has 0 amide bonds. The lowest BCUT2D eigenvalue weighted by Crippen LogP contribution is -2.71. The smallest absolute Gasteiger partial charge is 0.335 e. The molecule has 13 nitrogen and oxygen atoms in total. The summed E-state index contributed by atoms with van der Waals surface area (Å²) in [6.45, 7) is 5.47. The molecule has 8 N–H and O–H groups in total. The number of carboxylic acids is 1. The van der Waals surface area contributed by atoms with E-state index < -0.39 is 48.4 Å². The molecule has 0 aromatic heterocycles. The number of nitrogens with zero attached hydrogens (tertiary/aromatic N) is 1. The molecule has 266 valence electrons. The number of aliphatic hydroxyl groups excluding tert-OH is 4. The van der Waals surface area contributed by atoms with E-state index in [2.05, 4.69) is 22.5 Å². The van der Waals surface area contributed by atoms with Gasteiger partial charge in [-0.3, -0.25) is 0 Å². The predicted molar refractivity (Wildman–Crippen MR) is 172 cm³/mol. The van der Waals surface area contributed by atoms with Gasteiger partial charge in [-0.25, -0.2) is 4.79 Å². The van der Waals surface area contributed by atoms with E-state index in [9.17, 15) is 35.4 Å². The monoisotopic (exact) mass is 666 g/mol. The Balaban J connectivity index is 1.23. The van der Waals surface area contributed by atoms with Crippen LogP contribution in [0.5, 0.6) is 0 Å². The SMILES string of the molecule is CNCC[C@H](C)[C@H](CNC[C@@]1(O)[C@H](OC2CCC3C(C2)OCC(C2CCC(O)CC2)C3O)O[C@H](C(=O)O)[C@@H](O)[C@@H]1O)CC1=C[CH+]N=C1. The van der Waals surface area contributed by atoms with E-state index in [0.717, 1.165) is 50.6 Å². The van der Waals surface area contributed by atoms with Gasteiger partial charge >= 0.3 is 5.97 Å². The highest BCUT2D eigenvalue weighted by atomic mass is 16.7. The molecule has 3 heterocycles. The van der Waals surface area contributed by atoms with Crippen LogP contribution in [-0.4, -0.2) is 131 Å². The molecule has 5 rings (SSSR count). The van der Waals surface area contributed by atoms with Crippen LogP contribution in [0.15, 0.2) is 16.6 Å². The van der Waals surface area contributed by atoms with E-state index in [-0.39, 0.29) is 36.5 Å². The molecule has 47 heavy (non-hydrogen) atoms. The normalized spacial score (nSPS) is 41.9. The van der Waals surface area contributed by atoms with Crippen molar-refractivity contribution in [2.24, 2.45) is 34.6 Å². The Hall–Kier alpha value is -1.65. The zero-order valence-corrected chi connectivity index (χ0v) is 27.7. The molecule has 2 saturated carbocycles. The fourth-order valence-electron chi connectivity index (χ4n) is 8.35. The summed E-state index contributed by atoms with van der Waals surface area (Å²) >= 11 is 0. The van der Waals surface area contributed by atoms with E-state index in [1.54, 1.807) is 6.54 Å². The van der Waals surface area contributed by atoms with E-state index >= 15 is 0 Å². The second-order valence-corrected chi connectivity index (χ2v) is 14.6. The first-order valence-corrected chi connectivity index (χ1v) is 17.5. The third-order valence-corrected chi connectivity index (χ3v) is 11.5. The number of carboxylic acid groups (broad SMARTS) is 1. The second-order valence-electron chi connectivity index (χ2n) is 14.6. The first-order chi connectivity index (χ1) is 22.5. The number of ether oxygens (including phenoxy) is 3. The van der Waals surface area contributed by atoms with Crippen LogP contribution in [0.1, 0.15) is 64.7 Å². The van der Waals surface area contributed by atoms with Crippen LogP contribution in [-0.2, 0) is 19.0 Å². The highest BCUT2D eigenvalue weighted by Crippen LogP contribution is 2.44. The maximum Gasteiger partial charge on any atom is 0.335 e. The van der Waals surface area contributed by atoms with Crippen molar-refractivity contribution in [1.29, 1.82) is 0 Å². The van der Waals surface area contributed by atoms with Gasteiger partial charge in [-0.15, -0.1) is 4.99 Å². The molecule has 5 unspecified atom stereocenters. The van der Waals surface area contributed by atoms with E-state index in [4.69, 9.17) is 14.2 Å². The molecule has 5 aliphatic rings. The van der Waals surface area contributed by atoms with Crippen molar-refractivity contribution in [1.82, 2.24) is 10.6 Å². The van der Waals surface area contributed by atoms with E-state index in [1.807, 2.05) is 19.3 Å². The number of nitrogens with one attached hydrogen (secondary N) is 2. The Labute approximate surface area is 277 Å². The molecule has 0 aromatic carbocycles. The first kappa shape index (κ1) is 36.6. The summed E-state index contributed by atoms with van der Waals surface area (Å²) in [6.07, 6.45) is 1.70. The quantitative estimate of drug-likeness (QED) is 0.119. The lowest BCUT2D eigenvalue weighted by molar-refractivity contribution is -0.345. The van der Waals surface area contributed by atoms with Gasteiger partial charge in [-0.2, -0.15) is 0 Å². The van der Waals surface area contributed by atoms with Crippen molar-refractivity contribution in [3.05, 3.63) is 18.2 Å². The highest BCUT2D eigenvalue weighted by molar-refractivity contribution is 5.81. The topological polar surface area (TPSA) is 203 Å². The molecule has 4 fully saturated rings. The Morgan fingerprint density at radius 3 is 2.57 bits per heavy atom. The van der Waals surface area contributed by atoms with Crippen LogP contribution in [0.2, 0.25) is 0 Å². The summed E-state index contributed by atoms with van der Waals surface area (Å²) in [6, 6.07) is 0. The Kier molecular flexibility index (Phi) is 12.8. The third-order valence-electron chi connectivity index (χ3n) is 11.5. The third kappa shape index (κ3) is 8.57. The number of hydrogen-bond donors (Lipinski definition) is 8. The molecule has 0 spiro atoms. The number of aliphatic imine (C=N–C) groups is 1. The van der Waals surface area contributed by atoms with E-state index in [1.165, 1.54) is 0 Å². The van der Waals surface area contributed by atoms with Crippen LogP contribution in [0.25, 0.3) is 0 Å². The molecule has 12 atom stereocenters. The number of fused-ring (bicyclic) bond motifs is 1. The Morgan fingerprint density at radius 2 is 1.89 bits per heavy atom. The number of carbonyl (C=O) groups is 1. The van der Waals surface area contributed by atoms with Gasteiger partial charge < -0.3 is 55.5 Å². The van der Waals surface area contributed by atoms with Gasteiger partial charge in [0.05, 0.1) is 37.1 Å². The van der Waals surface area contributed by atoms with Gasteiger partial charge in [0.2, 0.25) is 0 Å². The van der Waals surface area contributed by atoms with E-state index in [0.29, 0.717) is 44.2 Å². The summed E-state index contributed by atoms with van der Waals surface area (Å²) in [5, 5.41) is 71.2. The van der Waals surface area contributed by atoms with Crippen molar-refractivity contribution in [2.45, 2.75) is 119 Å². The largest absolute Gasteiger partial charge is 0.479 e. The van der Waals surface area contributed by atoms with Gasteiger partial charge in [-0.05, 0) is 82.8 Å². The minimum atomic E-state index is -2.15. The number of aliphatic hydroxyl groups is 5. The highest BCUT2D eigenvalue weighted by Gasteiger charge is 2.58. The van der Waals surface area contributed by atoms with Crippen LogP contribution in [0.3, 0.4) is 0 Å². The summed E-state index contributed by atoms with van der Waals surface area (Å²) in [7, 11) is 1.91. The standard InChI is InChI=1S/C34H55N3O10/c1-19(9-11-35-2)22(13-20-10-12-36-15-20)16-37-18-34(44)31(41)29(40)30(32(42)43)47-33(34)46-24-7-8-25-27(14-24)45-17-26(28(25)39)21-3-5-23(38)6-4-21/h10,12,15,19,21-31,33,35,37-41,44H,3-9,11,13-14,16-18H2,1-2H3/p+1/t19-,21?,22-,23?,24?,25?,26?,27?,28?,29+,30-,31-,33+,34-/m0/s1. The predicted octanol–water partition coefficient (Wildman–Crippen LogP) is 0.375. The first-order valence-electron chi connectivity index (χ1n) is 17.5. The van der Waals surface area contributed by atoms with Gasteiger partial charge in [0.15, 0.2) is 24.2 Å². The van der Waals surface area contributed by atoms with Gasteiger partial charge in [0.25, 0.3) is 0 Å². The average molecular weight is 667 g/mol. The van der Waals surface area contributed by atoms with Crippen LogP contribution in [0.4, 0.5) is 0 Å². The molecule has 0 radical (unpaired) electrons. The fraction of sp³-hybridized carbons (Fsp3) is 0.853. The molecule has 0 aromatic rings. The molecular formula is C34H56N3O10+. The summed E-state index contributed by atoms with van der Waals surface area (Å²) < 4.78 is 18.3. The van der Waals surface area contributed by atoms with Crippen LogP contribution in [0, 0.1) is 36.1 Å². The maximum atomic E-state index is 12.0. The molecule has 13 heteroatoms.